The Morgan fingerprint density at radius 3 is 2.44 bits per heavy atom. The topological polar surface area (TPSA) is 12.0 Å². The highest BCUT2D eigenvalue weighted by molar-refractivity contribution is 5.89. The minimum atomic E-state index is -1.33. The lowest BCUT2D eigenvalue weighted by Crippen LogP contribution is -2.32. The first-order valence-corrected chi connectivity index (χ1v) is 11.7. The summed E-state index contributed by atoms with van der Waals surface area (Å²) in [6.07, 6.45) is 10.0. The molecule has 0 radical (unpaired) electrons. The van der Waals surface area contributed by atoms with Gasteiger partial charge in [0.1, 0.15) is 5.67 Å². The number of nitrogens with one attached hydrogen (secondary N) is 1. The van der Waals surface area contributed by atoms with Crippen LogP contribution in [0.3, 0.4) is 0 Å². The summed E-state index contributed by atoms with van der Waals surface area (Å²) in [5.41, 5.74) is 7.34. The molecule has 0 amide bonds. The minimum Gasteiger partial charge on any atom is -0.355 e. The summed E-state index contributed by atoms with van der Waals surface area (Å²) in [6, 6.07) is 14.5. The highest BCUT2D eigenvalue weighted by atomic mass is 19.1. The minimum absolute atomic E-state index is 0.162. The summed E-state index contributed by atoms with van der Waals surface area (Å²) in [4.78, 5) is 0. The van der Waals surface area contributed by atoms with Crippen LogP contribution in [-0.4, -0.2) is 5.67 Å². The van der Waals surface area contributed by atoms with Gasteiger partial charge in [-0.2, -0.15) is 0 Å². The van der Waals surface area contributed by atoms with Gasteiger partial charge in [0.05, 0.1) is 0 Å². The number of allylic oxidation sites excluding steroid dienone is 6. The second-order valence-electron chi connectivity index (χ2n) is 8.79. The number of anilines is 1. The van der Waals surface area contributed by atoms with E-state index in [1.54, 1.807) is 6.08 Å². The third-order valence-electron chi connectivity index (χ3n) is 6.64. The van der Waals surface area contributed by atoms with Gasteiger partial charge in [0.2, 0.25) is 0 Å². The van der Waals surface area contributed by atoms with E-state index >= 15 is 4.39 Å². The Hall–Kier alpha value is -2.87. The van der Waals surface area contributed by atoms with E-state index in [0.29, 0.717) is 6.42 Å². The van der Waals surface area contributed by atoms with Crippen LogP contribution in [0.5, 0.6) is 0 Å². The lowest BCUT2D eigenvalue weighted by atomic mass is 9.74. The molecule has 1 aliphatic carbocycles. The molecule has 0 saturated carbocycles. The molecule has 1 nitrogen and oxygen atoms in total. The van der Waals surface area contributed by atoms with Crippen molar-refractivity contribution in [3.8, 4) is 0 Å². The van der Waals surface area contributed by atoms with Gasteiger partial charge >= 0.3 is 0 Å². The van der Waals surface area contributed by atoms with Crippen LogP contribution in [0, 0.1) is 19.8 Å². The number of rotatable bonds is 8. The van der Waals surface area contributed by atoms with E-state index in [1.165, 1.54) is 11.1 Å². The number of aryl methyl sites for hydroxylation is 2. The molecule has 0 spiro atoms. The molecule has 0 heterocycles. The second kappa shape index (κ2) is 10.2. The van der Waals surface area contributed by atoms with Crippen molar-refractivity contribution in [2.75, 3.05) is 5.32 Å². The van der Waals surface area contributed by atoms with Gasteiger partial charge in [-0.25, -0.2) is 4.39 Å². The van der Waals surface area contributed by atoms with Crippen molar-refractivity contribution in [3.63, 3.8) is 0 Å². The highest BCUT2D eigenvalue weighted by Crippen LogP contribution is 2.43. The van der Waals surface area contributed by atoms with Crippen LogP contribution < -0.4 is 5.32 Å². The van der Waals surface area contributed by atoms with Gasteiger partial charge in [-0.3, -0.25) is 0 Å². The molecule has 1 aliphatic rings. The molecule has 3 rings (SSSR count). The Labute approximate surface area is 193 Å². The average Bonchev–Trinajstić information content (AvgIpc) is 2.78. The predicted molar refractivity (Wildman–Crippen MR) is 138 cm³/mol. The maximum absolute atomic E-state index is 16.0. The first kappa shape index (κ1) is 23.8. The lowest BCUT2D eigenvalue weighted by molar-refractivity contribution is 0.153. The second-order valence-corrected chi connectivity index (χ2v) is 8.79. The van der Waals surface area contributed by atoms with Gasteiger partial charge in [-0.05, 0) is 62.8 Å². The Bertz CT molecular complexity index is 1050. The molecular weight excluding hydrogens is 393 g/mol. The first-order valence-electron chi connectivity index (χ1n) is 11.7. The Morgan fingerprint density at radius 2 is 1.78 bits per heavy atom. The summed E-state index contributed by atoms with van der Waals surface area (Å²) < 4.78 is 16.0. The summed E-state index contributed by atoms with van der Waals surface area (Å²) in [7, 11) is 0. The van der Waals surface area contributed by atoms with Crippen molar-refractivity contribution in [2.24, 2.45) is 5.92 Å². The van der Waals surface area contributed by atoms with Crippen LogP contribution in [0.1, 0.15) is 62.3 Å². The summed E-state index contributed by atoms with van der Waals surface area (Å²) in [5, 5.41) is 3.56. The third-order valence-corrected chi connectivity index (χ3v) is 6.64. The standard InChI is InChI=1S/C30H36FN/c1-7-9-20-30(31,8-2)27-18-13-17-25(23(27)5)26-16-10-11-19-28(26)32-24(6)29-21(3)14-12-15-22(29)4/h9-17,19-20,27,32H,6-8,18H2,1-5H3. The fourth-order valence-corrected chi connectivity index (χ4v) is 4.81. The van der Waals surface area contributed by atoms with Crippen LogP contribution in [0.25, 0.3) is 11.3 Å². The molecule has 2 heteroatoms. The lowest BCUT2D eigenvalue weighted by Gasteiger charge is -2.34. The van der Waals surface area contributed by atoms with Gasteiger partial charge in [0.15, 0.2) is 0 Å². The molecular formula is C30H36FN. The van der Waals surface area contributed by atoms with Gasteiger partial charge in [0, 0.05) is 28.4 Å². The normalized spacial score (nSPS) is 18.1. The number of hydrogen-bond donors (Lipinski definition) is 1. The maximum Gasteiger partial charge on any atom is 0.135 e. The Balaban J connectivity index is 2.01. The van der Waals surface area contributed by atoms with Gasteiger partial charge < -0.3 is 5.32 Å². The Morgan fingerprint density at radius 1 is 1.09 bits per heavy atom. The van der Waals surface area contributed by atoms with Crippen LogP contribution in [0.4, 0.5) is 10.1 Å². The smallest absolute Gasteiger partial charge is 0.135 e. The molecule has 2 aromatic rings. The zero-order valence-electron chi connectivity index (χ0n) is 20.1. The molecule has 32 heavy (non-hydrogen) atoms. The fraction of sp³-hybridized carbons (Fsp3) is 0.333. The zero-order chi connectivity index (χ0) is 23.3. The molecule has 0 saturated heterocycles. The van der Waals surface area contributed by atoms with E-state index in [-0.39, 0.29) is 5.92 Å². The van der Waals surface area contributed by atoms with E-state index in [0.717, 1.165) is 46.5 Å². The highest BCUT2D eigenvalue weighted by Gasteiger charge is 2.37. The molecule has 2 atom stereocenters. The molecule has 0 aromatic heterocycles. The number of alkyl halides is 1. The van der Waals surface area contributed by atoms with E-state index < -0.39 is 5.67 Å². The fourth-order valence-electron chi connectivity index (χ4n) is 4.81. The SMILES string of the molecule is C=C(Nc1ccccc1C1=C(C)C(C(F)(C=CCC)CC)CC=C1)c1c(C)cccc1C. The van der Waals surface area contributed by atoms with E-state index in [4.69, 9.17) is 0 Å². The molecule has 2 unspecified atom stereocenters. The van der Waals surface area contributed by atoms with Crippen LogP contribution in [0.15, 0.2) is 78.9 Å². The van der Waals surface area contributed by atoms with Gasteiger partial charge in [-0.1, -0.05) is 86.7 Å². The van der Waals surface area contributed by atoms with Crippen LogP contribution in [-0.2, 0) is 0 Å². The number of halogens is 1. The van der Waals surface area contributed by atoms with Crippen molar-refractivity contribution < 1.29 is 4.39 Å². The Kier molecular flexibility index (Phi) is 7.56. The summed E-state index contributed by atoms with van der Waals surface area (Å²) in [5.74, 6) is -0.162. The molecule has 2 aromatic carbocycles. The quantitative estimate of drug-likeness (QED) is 0.413. The maximum atomic E-state index is 16.0. The largest absolute Gasteiger partial charge is 0.355 e. The van der Waals surface area contributed by atoms with Crippen molar-refractivity contribution in [1.29, 1.82) is 0 Å². The van der Waals surface area contributed by atoms with Crippen molar-refractivity contribution >= 4 is 17.0 Å². The number of hydrogen-bond acceptors (Lipinski definition) is 1. The third kappa shape index (κ3) is 4.80. The number of benzene rings is 2. The van der Waals surface area contributed by atoms with Crippen LogP contribution in [0.2, 0.25) is 0 Å². The van der Waals surface area contributed by atoms with E-state index in [9.17, 15) is 0 Å². The van der Waals surface area contributed by atoms with Crippen molar-refractivity contribution in [1.82, 2.24) is 0 Å². The van der Waals surface area contributed by atoms with Crippen molar-refractivity contribution in [3.05, 3.63) is 101 Å². The molecule has 0 fully saturated rings. The van der Waals surface area contributed by atoms with Gasteiger partial charge in [0.25, 0.3) is 0 Å². The predicted octanol–water partition coefficient (Wildman–Crippen LogP) is 8.82. The summed E-state index contributed by atoms with van der Waals surface area (Å²) in [6.45, 7) is 14.6. The van der Waals surface area contributed by atoms with Crippen LogP contribution >= 0.6 is 0 Å². The van der Waals surface area contributed by atoms with E-state index in [1.807, 2.05) is 32.1 Å². The average molecular weight is 430 g/mol. The van der Waals surface area contributed by atoms with Gasteiger partial charge in [-0.15, -0.1) is 0 Å². The first-order chi connectivity index (χ1) is 15.3. The molecule has 0 bridgehead atoms. The number of para-hydroxylation sites is 1. The van der Waals surface area contributed by atoms with Crippen molar-refractivity contribution in [2.45, 2.75) is 59.5 Å². The van der Waals surface area contributed by atoms with E-state index in [2.05, 4.69) is 75.2 Å². The molecule has 168 valence electrons. The molecule has 0 aliphatic heterocycles. The zero-order valence-corrected chi connectivity index (χ0v) is 20.1. The summed E-state index contributed by atoms with van der Waals surface area (Å²) >= 11 is 0. The molecule has 1 N–H and O–H groups in total. The monoisotopic (exact) mass is 429 g/mol.